The van der Waals surface area contributed by atoms with Crippen molar-refractivity contribution in [2.24, 2.45) is 0 Å². The first kappa shape index (κ1) is 18.6. The van der Waals surface area contributed by atoms with Gasteiger partial charge in [0.2, 0.25) is 10.0 Å². The first-order valence-electron chi connectivity index (χ1n) is 7.23. The van der Waals surface area contributed by atoms with Crippen LogP contribution in [0.4, 0.5) is 0 Å². The molecule has 0 fully saturated rings. The first-order chi connectivity index (χ1) is 11.3. The van der Waals surface area contributed by atoms with E-state index in [1.165, 1.54) is 13.2 Å². The second-order valence-electron chi connectivity index (χ2n) is 5.27. The van der Waals surface area contributed by atoms with E-state index in [0.29, 0.717) is 11.1 Å². The maximum absolute atomic E-state index is 12.7. The van der Waals surface area contributed by atoms with Crippen molar-refractivity contribution >= 4 is 31.9 Å². The van der Waals surface area contributed by atoms with Crippen LogP contribution in [0.5, 0.6) is 0 Å². The van der Waals surface area contributed by atoms with E-state index in [9.17, 15) is 13.2 Å². The fourth-order valence-corrected chi connectivity index (χ4v) is 4.20. The van der Waals surface area contributed by atoms with Crippen LogP contribution >= 0.6 is 15.9 Å². The Morgan fingerprint density at radius 1 is 1.21 bits per heavy atom. The number of nitrogens with one attached hydrogen (secondary N) is 1. The summed E-state index contributed by atoms with van der Waals surface area (Å²) in [5.74, 6) is -0.493. The third kappa shape index (κ3) is 4.66. The molecule has 0 aliphatic rings. The van der Waals surface area contributed by atoms with Gasteiger partial charge in [-0.2, -0.15) is 0 Å². The number of rotatable bonds is 6. The Balaban J connectivity index is 2.38. The molecule has 5 nitrogen and oxygen atoms in total. The van der Waals surface area contributed by atoms with Crippen LogP contribution in [0.3, 0.4) is 0 Å². The zero-order chi connectivity index (χ0) is 17.7. The van der Waals surface area contributed by atoms with Crippen LogP contribution in [0.15, 0.2) is 57.9 Å². The molecule has 7 heteroatoms. The third-order valence-electron chi connectivity index (χ3n) is 3.53. The van der Waals surface area contributed by atoms with Crippen LogP contribution in [0, 0.1) is 6.92 Å². The van der Waals surface area contributed by atoms with Gasteiger partial charge in [0.1, 0.15) is 0 Å². The number of aryl methyl sites for hydroxylation is 1. The molecule has 0 heterocycles. The molecule has 2 aromatic rings. The van der Waals surface area contributed by atoms with Gasteiger partial charge < -0.3 is 4.74 Å². The number of sulfonamides is 1. The molecular formula is C17H18BrNO4S. The zero-order valence-electron chi connectivity index (χ0n) is 13.3. The lowest BCUT2D eigenvalue weighted by molar-refractivity contribution is -0.141. The molecule has 0 spiro atoms. The number of benzene rings is 2. The Bertz CT molecular complexity index is 836. The predicted molar refractivity (Wildman–Crippen MR) is 95.0 cm³/mol. The fourth-order valence-electron chi connectivity index (χ4n) is 2.31. The van der Waals surface area contributed by atoms with E-state index in [2.05, 4.69) is 20.7 Å². The van der Waals surface area contributed by atoms with Gasteiger partial charge >= 0.3 is 5.97 Å². The van der Waals surface area contributed by atoms with Gasteiger partial charge in [-0.25, -0.2) is 13.1 Å². The number of hydrogen-bond acceptors (Lipinski definition) is 4. The van der Waals surface area contributed by atoms with E-state index in [1.807, 2.05) is 6.07 Å². The van der Waals surface area contributed by atoms with Crippen LogP contribution in [-0.2, 0) is 19.6 Å². The lowest BCUT2D eigenvalue weighted by Crippen LogP contribution is -2.31. The molecule has 0 amide bonds. The summed E-state index contributed by atoms with van der Waals surface area (Å²) in [6.07, 6.45) is -0.0991. The molecule has 0 aromatic heterocycles. The van der Waals surface area contributed by atoms with Crippen molar-refractivity contribution in [3.05, 3.63) is 64.1 Å². The monoisotopic (exact) mass is 411 g/mol. The minimum atomic E-state index is -3.78. The Hall–Kier alpha value is -1.70. The summed E-state index contributed by atoms with van der Waals surface area (Å²) in [6, 6.07) is 13.1. The van der Waals surface area contributed by atoms with Gasteiger partial charge in [0.15, 0.2) is 0 Å². The molecule has 0 saturated heterocycles. The summed E-state index contributed by atoms with van der Waals surface area (Å²) in [5.41, 5.74) is 1.31. The van der Waals surface area contributed by atoms with Gasteiger partial charge in [-0.3, -0.25) is 4.79 Å². The zero-order valence-corrected chi connectivity index (χ0v) is 15.7. The lowest BCUT2D eigenvalue weighted by Gasteiger charge is -2.19. The number of carbonyl (C=O) groups is 1. The van der Waals surface area contributed by atoms with Crippen LogP contribution in [0.1, 0.15) is 23.6 Å². The van der Waals surface area contributed by atoms with E-state index >= 15 is 0 Å². The van der Waals surface area contributed by atoms with Crippen LogP contribution in [0.2, 0.25) is 0 Å². The Labute approximate surface area is 150 Å². The van der Waals surface area contributed by atoms with E-state index in [1.54, 1.807) is 43.3 Å². The molecule has 0 unspecified atom stereocenters. The van der Waals surface area contributed by atoms with E-state index < -0.39 is 22.0 Å². The molecule has 2 aromatic carbocycles. The summed E-state index contributed by atoms with van der Waals surface area (Å²) in [5, 5.41) is 0. The molecule has 0 saturated carbocycles. The highest BCUT2D eigenvalue weighted by molar-refractivity contribution is 9.10. The summed E-state index contributed by atoms with van der Waals surface area (Å²) in [6.45, 7) is 1.73. The molecular weight excluding hydrogens is 394 g/mol. The standard InChI is InChI=1S/C17H18BrNO4S/c1-12-6-3-4-9-16(12)24(21,22)19-15(11-17(20)23-2)13-7-5-8-14(18)10-13/h3-10,15,19H,11H2,1-2H3/t15-/m0/s1. The van der Waals surface area contributed by atoms with Gasteiger partial charge in [0.05, 0.1) is 24.5 Å². The average Bonchev–Trinajstić information content (AvgIpc) is 2.54. The van der Waals surface area contributed by atoms with Crippen molar-refractivity contribution in [1.82, 2.24) is 4.72 Å². The molecule has 1 N–H and O–H groups in total. The smallest absolute Gasteiger partial charge is 0.307 e. The molecule has 0 aliphatic heterocycles. The summed E-state index contributed by atoms with van der Waals surface area (Å²) in [4.78, 5) is 11.9. The Kier molecular flexibility index (Phi) is 6.15. The van der Waals surface area contributed by atoms with Crippen molar-refractivity contribution in [3.8, 4) is 0 Å². The van der Waals surface area contributed by atoms with Gasteiger partial charge in [0.25, 0.3) is 0 Å². The molecule has 0 bridgehead atoms. The highest BCUT2D eigenvalue weighted by atomic mass is 79.9. The normalized spacial score (nSPS) is 12.6. The van der Waals surface area contributed by atoms with Crippen molar-refractivity contribution in [2.45, 2.75) is 24.3 Å². The minimum Gasteiger partial charge on any atom is -0.469 e. The number of esters is 1. The molecule has 1 atom stereocenters. The molecule has 2 rings (SSSR count). The number of carbonyl (C=O) groups excluding carboxylic acids is 1. The average molecular weight is 412 g/mol. The summed E-state index contributed by atoms with van der Waals surface area (Å²) >= 11 is 3.36. The largest absolute Gasteiger partial charge is 0.469 e. The molecule has 0 aliphatic carbocycles. The van der Waals surface area contributed by atoms with E-state index in [-0.39, 0.29) is 11.3 Å². The van der Waals surface area contributed by atoms with Crippen molar-refractivity contribution in [2.75, 3.05) is 7.11 Å². The number of methoxy groups -OCH3 is 1. The van der Waals surface area contributed by atoms with Gasteiger partial charge in [-0.05, 0) is 36.2 Å². The third-order valence-corrected chi connectivity index (χ3v) is 5.66. The van der Waals surface area contributed by atoms with Gasteiger partial charge in [-0.1, -0.05) is 46.3 Å². The van der Waals surface area contributed by atoms with E-state index in [4.69, 9.17) is 4.74 Å². The van der Waals surface area contributed by atoms with Gasteiger partial charge in [0, 0.05) is 4.47 Å². The number of hydrogen-bond donors (Lipinski definition) is 1. The summed E-state index contributed by atoms with van der Waals surface area (Å²) in [7, 11) is -2.50. The lowest BCUT2D eigenvalue weighted by atomic mass is 10.1. The Morgan fingerprint density at radius 2 is 1.92 bits per heavy atom. The van der Waals surface area contributed by atoms with Crippen LogP contribution in [-0.4, -0.2) is 21.5 Å². The van der Waals surface area contributed by atoms with Gasteiger partial charge in [-0.15, -0.1) is 0 Å². The molecule has 0 radical (unpaired) electrons. The maximum Gasteiger partial charge on any atom is 0.307 e. The van der Waals surface area contributed by atoms with Crippen molar-refractivity contribution < 1.29 is 17.9 Å². The Morgan fingerprint density at radius 3 is 2.54 bits per heavy atom. The number of halogens is 1. The van der Waals surface area contributed by atoms with Crippen molar-refractivity contribution in [3.63, 3.8) is 0 Å². The topological polar surface area (TPSA) is 72.5 Å². The van der Waals surface area contributed by atoms with Crippen LogP contribution in [0.25, 0.3) is 0 Å². The second kappa shape index (κ2) is 7.92. The minimum absolute atomic E-state index is 0.0991. The molecule has 128 valence electrons. The van der Waals surface area contributed by atoms with Crippen LogP contribution < -0.4 is 4.72 Å². The van der Waals surface area contributed by atoms with E-state index in [0.717, 1.165) is 4.47 Å². The predicted octanol–water partition coefficient (Wildman–Crippen LogP) is 3.34. The fraction of sp³-hybridized carbons (Fsp3) is 0.235. The quantitative estimate of drug-likeness (QED) is 0.739. The maximum atomic E-state index is 12.7. The SMILES string of the molecule is COC(=O)C[C@H](NS(=O)(=O)c1ccccc1C)c1cccc(Br)c1. The highest BCUT2D eigenvalue weighted by Crippen LogP contribution is 2.24. The molecule has 24 heavy (non-hydrogen) atoms. The van der Waals surface area contributed by atoms with Crippen molar-refractivity contribution in [1.29, 1.82) is 0 Å². The first-order valence-corrected chi connectivity index (χ1v) is 9.51. The summed E-state index contributed by atoms with van der Waals surface area (Å²) < 4.78 is 33.5. The second-order valence-corrected chi connectivity index (χ2v) is 7.87. The number of ether oxygens (including phenoxy) is 1. The highest BCUT2D eigenvalue weighted by Gasteiger charge is 2.25.